The van der Waals surface area contributed by atoms with E-state index in [1.165, 1.54) is 0 Å². The number of nitrogens with two attached hydrogens (primary N) is 1. The summed E-state index contributed by atoms with van der Waals surface area (Å²) in [5, 5.41) is 3.56. The molecule has 0 unspecified atom stereocenters. The van der Waals surface area contributed by atoms with Crippen molar-refractivity contribution in [3.8, 4) is 11.5 Å². The zero-order chi connectivity index (χ0) is 11.4. The first-order valence-corrected chi connectivity index (χ1v) is 4.76. The van der Waals surface area contributed by atoms with Gasteiger partial charge in [-0.1, -0.05) is 17.3 Å². The zero-order valence-electron chi connectivity index (χ0n) is 8.84. The van der Waals surface area contributed by atoms with Crippen LogP contribution in [0.5, 0.6) is 11.5 Å². The topological polar surface area (TPSA) is 70.5 Å². The van der Waals surface area contributed by atoms with E-state index in [1.807, 2.05) is 24.3 Å². The predicted molar refractivity (Wildman–Crippen MR) is 58.2 cm³/mol. The molecule has 2 rings (SSSR count). The average molecular weight is 220 g/mol. The second kappa shape index (κ2) is 4.57. The van der Waals surface area contributed by atoms with Crippen molar-refractivity contribution in [1.29, 1.82) is 0 Å². The van der Waals surface area contributed by atoms with E-state index in [0.717, 1.165) is 0 Å². The maximum absolute atomic E-state index is 5.51. The highest BCUT2D eigenvalue weighted by atomic mass is 16.5. The zero-order valence-corrected chi connectivity index (χ0v) is 8.84. The molecule has 5 nitrogen and oxygen atoms in total. The summed E-state index contributed by atoms with van der Waals surface area (Å²) in [5.41, 5.74) is 5.42. The maximum Gasteiger partial charge on any atom is 0.176 e. The van der Waals surface area contributed by atoms with Crippen LogP contribution in [-0.2, 0) is 6.61 Å². The maximum atomic E-state index is 5.51. The number of methoxy groups -OCH3 is 1. The van der Waals surface area contributed by atoms with Crippen LogP contribution in [0.3, 0.4) is 0 Å². The first kappa shape index (κ1) is 10.4. The van der Waals surface area contributed by atoms with E-state index in [9.17, 15) is 0 Å². The smallest absolute Gasteiger partial charge is 0.176 e. The molecule has 1 aromatic heterocycles. The summed E-state index contributed by atoms with van der Waals surface area (Å²) in [4.78, 5) is 0. The van der Waals surface area contributed by atoms with E-state index >= 15 is 0 Å². The van der Waals surface area contributed by atoms with Gasteiger partial charge in [-0.2, -0.15) is 0 Å². The first-order chi connectivity index (χ1) is 7.79. The van der Waals surface area contributed by atoms with Crippen molar-refractivity contribution < 1.29 is 14.0 Å². The van der Waals surface area contributed by atoms with E-state index in [1.54, 1.807) is 13.2 Å². The summed E-state index contributed by atoms with van der Waals surface area (Å²) >= 11 is 0. The summed E-state index contributed by atoms with van der Waals surface area (Å²) in [6, 6.07) is 9.00. The van der Waals surface area contributed by atoms with Crippen LogP contribution in [0.4, 0.5) is 5.82 Å². The third-order valence-electron chi connectivity index (χ3n) is 2.02. The van der Waals surface area contributed by atoms with E-state index in [0.29, 0.717) is 23.1 Å². The van der Waals surface area contributed by atoms with Crippen molar-refractivity contribution in [2.24, 2.45) is 0 Å². The van der Waals surface area contributed by atoms with Gasteiger partial charge in [0.05, 0.1) is 7.11 Å². The lowest BCUT2D eigenvalue weighted by Crippen LogP contribution is -1.96. The van der Waals surface area contributed by atoms with Gasteiger partial charge >= 0.3 is 0 Å². The number of rotatable bonds is 4. The number of hydrogen-bond acceptors (Lipinski definition) is 5. The molecule has 0 spiro atoms. The van der Waals surface area contributed by atoms with Crippen molar-refractivity contribution in [2.45, 2.75) is 6.61 Å². The Kier molecular flexibility index (Phi) is 2.95. The molecule has 5 heteroatoms. The number of anilines is 1. The van der Waals surface area contributed by atoms with Gasteiger partial charge in [0.2, 0.25) is 0 Å². The standard InChI is InChI=1S/C11H12N2O3/c1-14-9-4-2-3-5-10(9)15-7-8-6-11(12)13-16-8/h2-6H,7H2,1H3,(H2,12,13). The van der Waals surface area contributed by atoms with Crippen LogP contribution in [0.25, 0.3) is 0 Å². The molecule has 2 aromatic rings. The van der Waals surface area contributed by atoms with Gasteiger partial charge in [-0.25, -0.2) is 0 Å². The molecule has 0 amide bonds. The number of hydrogen-bond donors (Lipinski definition) is 1. The van der Waals surface area contributed by atoms with Crippen molar-refractivity contribution in [1.82, 2.24) is 5.16 Å². The monoisotopic (exact) mass is 220 g/mol. The van der Waals surface area contributed by atoms with Gasteiger partial charge in [-0.3, -0.25) is 0 Å². The molecule has 0 saturated carbocycles. The van der Waals surface area contributed by atoms with Crippen molar-refractivity contribution >= 4 is 5.82 Å². The van der Waals surface area contributed by atoms with Gasteiger partial charge in [0.1, 0.15) is 6.61 Å². The van der Waals surface area contributed by atoms with Gasteiger partial charge < -0.3 is 19.7 Å². The Morgan fingerprint density at radius 3 is 2.69 bits per heavy atom. The fourth-order valence-electron chi connectivity index (χ4n) is 1.28. The largest absolute Gasteiger partial charge is 0.493 e. The Morgan fingerprint density at radius 1 is 1.31 bits per heavy atom. The van der Waals surface area contributed by atoms with Crippen LogP contribution in [0.15, 0.2) is 34.9 Å². The lowest BCUT2D eigenvalue weighted by Gasteiger charge is -2.08. The van der Waals surface area contributed by atoms with E-state index in [-0.39, 0.29) is 6.61 Å². The molecule has 2 N–H and O–H groups in total. The number of benzene rings is 1. The number of aromatic nitrogens is 1. The highest BCUT2D eigenvalue weighted by molar-refractivity contribution is 5.39. The van der Waals surface area contributed by atoms with Crippen molar-refractivity contribution in [3.05, 3.63) is 36.1 Å². The highest BCUT2D eigenvalue weighted by Crippen LogP contribution is 2.26. The van der Waals surface area contributed by atoms with Crippen LogP contribution < -0.4 is 15.2 Å². The van der Waals surface area contributed by atoms with Crippen molar-refractivity contribution in [2.75, 3.05) is 12.8 Å². The molecule has 0 saturated heterocycles. The molecular formula is C11H12N2O3. The van der Waals surface area contributed by atoms with Gasteiger partial charge in [-0.15, -0.1) is 0 Å². The third kappa shape index (κ3) is 2.25. The van der Waals surface area contributed by atoms with E-state index in [2.05, 4.69) is 5.16 Å². The van der Waals surface area contributed by atoms with Crippen LogP contribution in [-0.4, -0.2) is 12.3 Å². The second-order valence-electron chi connectivity index (χ2n) is 3.16. The average Bonchev–Trinajstić information content (AvgIpc) is 2.73. The lowest BCUT2D eigenvalue weighted by molar-refractivity contribution is 0.239. The van der Waals surface area contributed by atoms with Crippen LogP contribution in [0.2, 0.25) is 0 Å². The fourth-order valence-corrected chi connectivity index (χ4v) is 1.28. The summed E-state index contributed by atoms with van der Waals surface area (Å²) in [6.07, 6.45) is 0. The Morgan fingerprint density at radius 2 is 2.06 bits per heavy atom. The molecule has 0 bridgehead atoms. The van der Waals surface area contributed by atoms with Crippen LogP contribution >= 0.6 is 0 Å². The molecule has 1 heterocycles. The summed E-state index contributed by atoms with van der Waals surface area (Å²) in [7, 11) is 1.59. The minimum absolute atomic E-state index is 0.268. The predicted octanol–water partition coefficient (Wildman–Crippen LogP) is 1.84. The molecule has 84 valence electrons. The summed E-state index contributed by atoms with van der Waals surface area (Å²) in [6.45, 7) is 0.268. The summed E-state index contributed by atoms with van der Waals surface area (Å²) < 4.78 is 15.6. The molecule has 0 atom stereocenters. The highest BCUT2D eigenvalue weighted by Gasteiger charge is 2.05. The van der Waals surface area contributed by atoms with Crippen LogP contribution in [0, 0.1) is 0 Å². The Labute approximate surface area is 92.8 Å². The second-order valence-corrected chi connectivity index (χ2v) is 3.16. The molecule has 16 heavy (non-hydrogen) atoms. The number of nitrogens with zero attached hydrogens (tertiary/aromatic N) is 1. The lowest BCUT2D eigenvalue weighted by atomic mass is 10.3. The number of nitrogen functional groups attached to an aromatic ring is 1. The number of ether oxygens (including phenoxy) is 2. The van der Waals surface area contributed by atoms with E-state index < -0.39 is 0 Å². The summed E-state index contributed by atoms with van der Waals surface area (Å²) in [5.74, 6) is 2.25. The normalized spacial score (nSPS) is 10.1. The Balaban J connectivity index is 2.04. The molecule has 1 aromatic carbocycles. The number of para-hydroxylation sites is 2. The minimum atomic E-state index is 0.268. The molecule has 0 fully saturated rings. The molecule has 0 aliphatic carbocycles. The molecular weight excluding hydrogens is 208 g/mol. The first-order valence-electron chi connectivity index (χ1n) is 4.76. The van der Waals surface area contributed by atoms with Gasteiger partial charge in [0.25, 0.3) is 0 Å². The van der Waals surface area contributed by atoms with Gasteiger partial charge in [0, 0.05) is 6.07 Å². The molecule has 0 radical (unpaired) electrons. The molecule has 0 aliphatic heterocycles. The van der Waals surface area contributed by atoms with E-state index in [4.69, 9.17) is 19.7 Å². The van der Waals surface area contributed by atoms with Crippen molar-refractivity contribution in [3.63, 3.8) is 0 Å². The van der Waals surface area contributed by atoms with Gasteiger partial charge in [-0.05, 0) is 12.1 Å². The Hall–Kier alpha value is -2.17. The Bertz CT molecular complexity index is 468. The van der Waals surface area contributed by atoms with Gasteiger partial charge in [0.15, 0.2) is 23.1 Å². The van der Waals surface area contributed by atoms with Crippen LogP contribution in [0.1, 0.15) is 5.76 Å². The minimum Gasteiger partial charge on any atom is -0.493 e. The quantitative estimate of drug-likeness (QED) is 0.851. The molecule has 0 aliphatic rings. The third-order valence-corrected chi connectivity index (χ3v) is 2.02. The fraction of sp³-hybridized carbons (Fsp3) is 0.182. The SMILES string of the molecule is COc1ccccc1OCc1cc(N)no1.